The number of ether oxygens (including phenoxy) is 2. The molecule has 0 atom stereocenters. The summed E-state index contributed by atoms with van der Waals surface area (Å²) >= 11 is 0. The molecule has 148 valence electrons. The monoisotopic (exact) mass is 404 g/mol. The summed E-state index contributed by atoms with van der Waals surface area (Å²) in [5.74, 6) is 2.57. The molecule has 6 rings (SSSR count). The van der Waals surface area contributed by atoms with Gasteiger partial charge in [0.05, 0.1) is 5.52 Å². The highest BCUT2D eigenvalue weighted by Crippen LogP contribution is 2.33. The lowest BCUT2D eigenvalue weighted by molar-refractivity contribution is 0.449. The first kappa shape index (κ1) is 17.4. The number of pyridine rings is 2. The van der Waals surface area contributed by atoms with E-state index in [2.05, 4.69) is 33.4 Å². The summed E-state index contributed by atoms with van der Waals surface area (Å²) in [7, 11) is 0. The van der Waals surface area contributed by atoms with Crippen molar-refractivity contribution in [3.63, 3.8) is 0 Å². The van der Waals surface area contributed by atoms with Crippen molar-refractivity contribution in [1.82, 2.24) is 19.6 Å². The first-order chi connectivity index (χ1) is 15.3. The number of nitrogens with zero attached hydrogens (tertiary/aromatic N) is 4. The minimum atomic E-state index is 0.534. The molecule has 0 radical (unpaired) electrons. The highest BCUT2D eigenvalue weighted by atomic mass is 16.5. The van der Waals surface area contributed by atoms with Gasteiger partial charge in [0.2, 0.25) is 5.88 Å². The molecule has 0 fully saturated rings. The van der Waals surface area contributed by atoms with Gasteiger partial charge in [-0.1, -0.05) is 30.3 Å². The van der Waals surface area contributed by atoms with Gasteiger partial charge in [-0.05, 0) is 47.9 Å². The minimum Gasteiger partial charge on any atom is -0.457 e. The van der Waals surface area contributed by atoms with E-state index in [4.69, 9.17) is 9.47 Å². The zero-order valence-electron chi connectivity index (χ0n) is 16.3. The standard InChI is InChI=1S/C25H16N4O2/c1-2-9-23-21(8-1)20-12-11-19(15-22(20)25-28-27-16-29(23)25)30-17-6-5-7-18(14-17)31-24-10-3-4-13-26-24/h1-16H. The van der Waals surface area contributed by atoms with E-state index < -0.39 is 0 Å². The molecule has 6 aromatic rings. The maximum atomic E-state index is 6.14. The smallest absolute Gasteiger partial charge is 0.219 e. The summed E-state index contributed by atoms with van der Waals surface area (Å²) in [6.45, 7) is 0. The summed E-state index contributed by atoms with van der Waals surface area (Å²) < 4.78 is 14.0. The van der Waals surface area contributed by atoms with Gasteiger partial charge in [0, 0.05) is 29.1 Å². The van der Waals surface area contributed by atoms with Gasteiger partial charge in [-0.3, -0.25) is 4.40 Å². The minimum absolute atomic E-state index is 0.534. The molecule has 0 aliphatic carbocycles. The Kier molecular flexibility index (Phi) is 3.99. The van der Waals surface area contributed by atoms with Crippen molar-refractivity contribution >= 4 is 27.3 Å². The maximum Gasteiger partial charge on any atom is 0.219 e. The zero-order chi connectivity index (χ0) is 20.6. The van der Waals surface area contributed by atoms with Gasteiger partial charge in [-0.25, -0.2) is 4.98 Å². The van der Waals surface area contributed by atoms with Crippen LogP contribution in [0.15, 0.2) is 97.5 Å². The van der Waals surface area contributed by atoms with Gasteiger partial charge in [0.25, 0.3) is 0 Å². The second-order valence-corrected chi connectivity index (χ2v) is 7.10. The molecule has 3 aromatic carbocycles. The molecular weight excluding hydrogens is 388 g/mol. The van der Waals surface area contributed by atoms with E-state index in [9.17, 15) is 0 Å². The Morgan fingerprint density at radius 3 is 2.39 bits per heavy atom. The van der Waals surface area contributed by atoms with Crippen LogP contribution in [0.2, 0.25) is 0 Å². The molecule has 0 saturated carbocycles. The van der Waals surface area contributed by atoms with Crippen LogP contribution in [-0.2, 0) is 0 Å². The quantitative estimate of drug-likeness (QED) is 0.337. The van der Waals surface area contributed by atoms with Gasteiger partial charge in [-0.2, -0.15) is 0 Å². The second-order valence-electron chi connectivity index (χ2n) is 7.10. The van der Waals surface area contributed by atoms with Gasteiger partial charge in [0.15, 0.2) is 5.65 Å². The van der Waals surface area contributed by atoms with E-state index in [-0.39, 0.29) is 0 Å². The fourth-order valence-corrected chi connectivity index (χ4v) is 3.78. The van der Waals surface area contributed by atoms with Crippen LogP contribution in [0.25, 0.3) is 27.3 Å². The Labute approximate surface area is 177 Å². The van der Waals surface area contributed by atoms with Crippen LogP contribution in [0.5, 0.6) is 23.1 Å². The summed E-state index contributed by atoms with van der Waals surface area (Å²) in [6.07, 6.45) is 3.43. The van der Waals surface area contributed by atoms with Crippen molar-refractivity contribution in [2.75, 3.05) is 0 Å². The van der Waals surface area contributed by atoms with Crippen molar-refractivity contribution in [2.45, 2.75) is 0 Å². The average molecular weight is 404 g/mol. The summed E-state index contributed by atoms with van der Waals surface area (Å²) in [4.78, 5) is 4.19. The molecule has 3 heterocycles. The van der Waals surface area contributed by atoms with Crippen molar-refractivity contribution in [3.8, 4) is 23.1 Å². The Morgan fingerprint density at radius 1 is 0.645 bits per heavy atom. The molecule has 31 heavy (non-hydrogen) atoms. The second kappa shape index (κ2) is 7.11. The third kappa shape index (κ3) is 3.11. The Morgan fingerprint density at radius 2 is 1.48 bits per heavy atom. The number of rotatable bonds is 4. The number of hydrogen-bond acceptors (Lipinski definition) is 5. The van der Waals surface area contributed by atoms with Crippen LogP contribution in [0.4, 0.5) is 0 Å². The number of para-hydroxylation sites is 1. The van der Waals surface area contributed by atoms with Gasteiger partial charge >= 0.3 is 0 Å². The van der Waals surface area contributed by atoms with Gasteiger partial charge in [-0.15, -0.1) is 10.2 Å². The molecule has 0 spiro atoms. The topological polar surface area (TPSA) is 61.5 Å². The third-order valence-corrected chi connectivity index (χ3v) is 5.13. The van der Waals surface area contributed by atoms with Gasteiger partial charge < -0.3 is 9.47 Å². The van der Waals surface area contributed by atoms with E-state index in [0.29, 0.717) is 23.1 Å². The van der Waals surface area contributed by atoms with Crippen molar-refractivity contribution < 1.29 is 9.47 Å². The lowest BCUT2D eigenvalue weighted by Gasteiger charge is -2.11. The first-order valence-corrected chi connectivity index (χ1v) is 9.86. The molecule has 0 bridgehead atoms. The summed E-state index contributed by atoms with van der Waals surface area (Å²) in [5, 5.41) is 11.7. The predicted molar refractivity (Wildman–Crippen MR) is 119 cm³/mol. The number of hydrogen-bond donors (Lipinski definition) is 0. The molecule has 0 saturated heterocycles. The zero-order valence-corrected chi connectivity index (χ0v) is 16.3. The van der Waals surface area contributed by atoms with Crippen LogP contribution in [0.3, 0.4) is 0 Å². The lowest BCUT2D eigenvalue weighted by atomic mass is 10.1. The van der Waals surface area contributed by atoms with Crippen molar-refractivity contribution in [2.24, 2.45) is 0 Å². The molecule has 0 aliphatic rings. The van der Waals surface area contributed by atoms with Crippen LogP contribution in [-0.4, -0.2) is 19.6 Å². The van der Waals surface area contributed by atoms with Crippen LogP contribution < -0.4 is 9.47 Å². The highest BCUT2D eigenvalue weighted by Gasteiger charge is 2.11. The third-order valence-electron chi connectivity index (χ3n) is 5.13. The largest absolute Gasteiger partial charge is 0.457 e. The average Bonchev–Trinajstić information content (AvgIpc) is 3.31. The molecule has 6 nitrogen and oxygen atoms in total. The van der Waals surface area contributed by atoms with Crippen molar-refractivity contribution in [3.05, 3.63) is 97.5 Å². The molecule has 0 amide bonds. The Balaban J connectivity index is 1.39. The molecule has 0 N–H and O–H groups in total. The van der Waals surface area contributed by atoms with E-state index in [1.807, 2.05) is 71.1 Å². The fraction of sp³-hybridized carbons (Fsp3) is 0. The molecule has 3 aromatic heterocycles. The predicted octanol–water partition coefficient (Wildman–Crippen LogP) is 6.02. The van der Waals surface area contributed by atoms with E-state index >= 15 is 0 Å². The van der Waals surface area contributed by atoms with E-state index in [1.165, 1.54) is 0 Å². The number of fused-ring (bicyclic) bond motifs is 6. The van der Waals surface area contributed by atoms with Gasteiger partial charge in [0.1, 0.15) is 23.6 Å². The SMILES string of the molecule is c1ccc(Oc2cccc(Oc3ccc4c5ccccc5n5cnnc5c4c3)c2)nc1. The molecule has 6 heteroatoms. The Bertz CT molecular complexity index is 1540. The van der Waals surface area contributed by atoms with Crippen LogP contribution in [0.1, 0.15) is 0 Å². The lowest BCUT2D eigenvalue weighted by Crippen LogP contribution is -1.92. The molecular formula is C25H16N4O2. The summed E-state index contributed by atoms with van der Waals surface area (Å²) in [6, 6.07) is 27.3. The first-order valence-electron chi connectivity index (χ1n) is 9.86. The normalized spacial score (nSPS) is 11.2. The van der Waals surface area contributed by atoms with E-state index in [1.54, 1.807) is 12.5 Å². The number of aromatic nitrogens is 4. The highest BCUT2D eigenvalue weighted by molar-refractivity contribution is 6.11. The fourth-order valence-electron chi connectivity index (χ4n) is 3.78. The van der Waals surface area contributed by atoms with Crippen molar-refractivity contribution in [1.29, 1.82) is 0 Å². The van der Waals surface area contributed by atoms with E-state index in [0.717, 1.165) is 27.3 Å². The molecule has 0 aliphatic heterocycles. The summed E-state index contributed by atoms with van der Waals surface area (Å²) in [5.41, 5.74) is 1.87. The van der Waals surface area contributed by atoms with Crippen LogP contribution >= 0.6 is 0 Å². The maximum absolute atomic E-state index is 6.14. The van der Waals surface area contributed by atoms with Crippen LogP contribution in [0, 0.1) is 0 Å². The Hall–Kier alpha value is -4.45. The number of benzene rings is 3. The molecule has 0 unspecified atom stereocenters.